The molecule has 0 spiro atoms. The number of anilines is 1. The second-order valence-electron chi connectivity index (χ2n) is 8.01. The van der Waals surface area contributed by atoms with Gasteiger partial charge in [-0.1, -0.05) is 41.6 Å². The monoisotopic (exact) mass is 366 g/mol. The number of nitrogens with two attached hydrogens (primary N) is 1. The van der Waals surface area contributed by atoms with E-state index in [-0.39, 0.29) is 5.54 Å². The molecular weight excluding hydrogens is 340 g/mol. The van der Waals surface area contributed by atoms with Crippen LogP contribution in [0.25, 0.3) is 0 Å². The van der Waals surface area contributed by atoms with Crippen molar-refractivity contribution >= 4 is 17.3 Å². The van der Waals surface area contributed by atoms with Crippen molar-refractivity contribution in [2.45, 2.75) is 45.1 Å². The summed E-state index contributed by atoms with van der Waals surface area (Å²) in [6.45, 7) is 9.15. The van der Waals surface area contributed by atoms with E-state index in [4.69, 9.17) is 17.3 Å². The second kappa shape index (κ2) is 7.74. The quantitative estimate of drug-likeness (QED) is 0.548. The van der Waals surface area contributed by atoms with Crippen LogP contribution in [0.1, 0.15) is 56.2 Å². The first-order chi connectivity index (χ1) is 12.3. The molecule has 3 heteroatoms. The average Bonchev–Trinajstić information content (AvgIpc) is 2.62. The molecule has 2 N–H and O–H groups in total. The van der Waals surface area contributed by atoms with E-state index in [2.05, 4.69) is 49.6 Å². The van der Waals surface area contributed by atoms with Gasteiger partial charge in [-0.05, 0) is 82.4 Å². The molecule has 0 amide bonds. The van der Waals surface area contributed by atoms with Crippen LogP contribution < -0.4 is 5.73 Å². The van der Waals surface area contributed by atoms with Gasteiger partial charge in [0.25, 0.3) is 0 Å². The largest absolute Gasteiger partial charge is 0.398 e. The van der Waals surface area contributed by atoms with Crippen molar-refractivity contribution in [2.75, 3.05) is 18.8 Å². The van der Waals surface area contributed by atoms with Gasteiger partial charge < -0.3 is 5.73 Å². The molecule has 1 heterocycles. The van der Waals surface area contributed by atoms with Gasteiger partial charge >= 0.3 is 0 Å². The zero-order valence-electron chi connectivity index (χ0n) is 15.8. The van der Waals surface area contributed by atoms with Crippen molar-refractivity contribution in [3.8, 4) is 11.8 Å². The van der Waals surface area contributed by atoms with E-state index < -0.39 is 0 Å². The molecule has 0 unspecified atom stereocenters. The molecule has 136 valence electrons. The minimum Gasteiger partial charge on any atom is -0.398 e. The number of nitrogen functional groups attached to an aromatic ring is 1. The summed E-state index contributed by atoms with van der Waals surface area (Å²) in [5.41, 5.74) is 10.2. The molecule has 0 bridgehead atoms. The highest BCUT2D eigenvalue weighted by Gasteiger charge is 2.27. The number of nitrogens with zero attached hydrogens (tertiary/aromatic N) is 1. The van der Waals surface area contributed by atoms with Crippen LogP contribution in [0.5, 0.6) is 0 Å². The molecule has 0 saturated carbocycles. The Balaban J connectivity index is 1.78. The molecule has 0 aromatic heterocycles. The zero-order chi connectivity index (χ0) is 18.7. The number of rotatable bonds is 1. The Bertz CT molecular complexity index is 831. The summed E-state index contributed by atoms with van der Waals surface area (Å²) in [7, 11) is 0. The first-order valence-electron chi connectivity index (χ1n) is 9.25. The predicted octanol–water partition coefficient (Wildman–Crippen LogP) is 5.30. The van der Waals surface area contributed by atoms with Crippen LogP contribution in [0.15, 0.2) is 42.5 Å². The Morgan fingerprint density at radius 1 is 1.00 bits per heavy atom. The number of hydrogen-bond acceptors (Lipinski definition) is 2. The van der Waals surface area contributed by atoms with Crippen LogP contribution in [-0.4, -0.2) is 23.5 Å². The lowest BCUT2D eigenvalue weighted by Crippen LogP contribution is -2.45. The van der Waals surface area contributed by atoms with Crippen molar-refractivity contribution < 1.29 is 0 Å². The van der Waals surface area contributed by atoms with Crippen LogP contribution in [0.4, 0.5) is 5.69 Å². The summed E-state index contributed by atoms with van der Waals surface area (Å²) in [6, 6.07) is 13.9. The Kier molecular flexibility index (Phi) is 5.61. The van der Waals surface area contributed by atoms with Gasteiger partial charge in [0.2, 0.25) is 0 Å². The number of benzene rings is 2. The van der Waals surface area contributed by atoms with Gasteiger partial charge in [-0.2, -0.15) is 0 Å². The Hall–Kier alpha value is -1.95. The molecule has 1 aliphatic rings. The SMILES string of the molecule is CC(C)(C)N1CCC(c2ccc(N)c(C#Cc3ccccc3Cl)c2)CC1. The number of hydrogen-bond donors (Lipinski definition) is 1. The summed E-state index contributed by atoms with van der Waals surface area (Å²) >= 11 is 6.20. The van der Waals surface area contributed by atoms with Gasteiger partial charge in [-0.3, -0.25) is 4.90 Å². The smallest absolute Gasteiger partial charge is 0.0562 e. The lowest BCUT2D eigenvalue weighted by atomic mass is 9.86. The maximum absolute atomic E-state index is 6.20. The third kappa shape index (κ3) is 4.41. The van der Waals surface area contributed by atoms with Crippen LogP contribution in [-0.2, 0) is 0 Å². The van der Waals surface area contributed by atoms with E-state index in [1.807, 2.05) is 30.3 Å². The molecule has 2 aromatic carbocycles. The third-order valence-corrected chi connectivity index (χ3v) is 5.53. The van der Waals surface area contributed by atoms with E-state index in [1.165, 1.54) is 18.4 Å². The standard InChI is InChI=1S/C23H27ClN2/c1-23(2,3)26-14-12-17(13-15-26)19-10-11-22(25)20(16-19)9-8-18-6-4-5-7-21(18)24/h4-7,10-11,16-17H,12-15,25H2,1-3H3. The average molecular weight is 367 g/mol. The highest BCUT2D eigenvalue weighted by molar-refractivity contribution is 6.31. The normalized spacial score (nSPS) is 16.2. The molecule has 0 aliphatic carbocycles. The molecule has 26 heavy (non-hydrogen) atoms. The lowest BCUT2D eigenvalue weighted by Gasteiger charge is -2.41. The first kappa shape index (κ1) is 18.8. The molecular formula is C23H27ClN2. The van der Waals surface area contributed by atoms with Crippen LogP contribution in [0, 0.1) is 11.8 Å². The molecule has 0 atom stereocenters. The minimum absolute atomic E-state index is 0.248. The van der Waals surface area contributed by atoms with Gasteiger partial charge in [-0.25, -0.2) is 0 Å². The van der Waals surface area contributed by atoms with Crippen molar-refractivity contribution in [2.24, 2.45) is 0 Å². The van der Waals surface area contributed by atoms with Gasteiger partial charge in [0.1, 0.15) is 0 Å². The van der Waals surface area contributed by atoms with Gasteiger partial charge in [0, 0.05) is 22.4 Å². The topological polar surface area (TPSA) is 29.3 Å². The van der Waals surface area contributed by atoms with Crippen molar-refractivity contribution in [3.05, 3.63) is 64.2 Å². The summed E-state index contributed by atoms with van der Waals surface area (Å²) in [4.78, 5) is 2.57. The maximum Gasteiger partial charge on any atom is 0.0562 e. The predicted molar refractivity (Wildman–Crippen MR) is 112 cm³/mol. The summed E-state index contributed by atoms with van der Waals surface area (Å²) in [6.07, 6.45) is 2.36. The van der Waals surface area contributed by atoms with Gasteiger partial charge in [-0.15, -0.1) is 0 Å². The molecule has 2 nitrogen and oxygen atoms in total. The molecule has 1 saturated heterocycles. The fourth-order valence-electron chi connectivity index (χ4n) is 3.52. The van der Waals surface area contributed by atoms with Gasteiger partial charge in [0.15, 0.2) is 0 Å². The maximum atomic E-state index is 6.20. The summed E-state index contributed by atoms with van der Waals surface area (Å²) in [5.74, 6) is 6.95. The lowest BCUT2D eigenvalue weighted by molar-refractivity contribution is 0.102. The fourth-order valence-corrected chi connectivity index (χ4v) is 3.70. The first-order valence-corrected chi connectivity index (χ1v) is 9.63. The van der Waals surface area contributed by atoms with Crippen LogP contribution >= 0.6 is 11.6 Å². The van der Waals surface area contributed by atoms with Crippen LogP contribution in [0.3, 0.4) is 0 Å². The fraction of sp³-hybridized carbons (Fsp3) is 0.391. The Morgan fingerprint density at radius 2 is 1.65 bits per heavy atom. The number of halogens is 1. The van der Waals surface area contributed by atoms with E-state index >= 15 is 0 Å². The van der Waals surface area contributed by atoms with Gasteiger partial charge in [0.05, 0.1) is 5.02 Å². The second-order valence-corrected chi connectivity index (χ2v) is 8.42. The van der Waals surface area contributed by atoms with E-state index in [0.29, 0.717) is 10.9 Å². The molecule has 2 aromatic rings. The summed E-state index contributed by atoms with van der Waals surface area (Å²) in [5, 5.41) is 0.671. The van der Waals surface area contributed by atoms with Crippen molar-refractivity contribution in [1.29, 1.82) is 0 Å². The van der Waals surface area contributed by atoms with E-state index in [1.54, 1.807) is 0 Å². The molecule has 1 fully saturated rings. The number of piperidine rings is 1. The molecule has 1 aliphatic heterocycles. The highest BCUT2D eigenvalue weighted by atomic mass is 35.5. The third-order valence-electron chi connectivity index (χ3n) is 5.20. The van der Waals surface area contributed by atoms with Crippen LogP contribution in [0.2, 0.25) is 5.02 Å². The van der Waals surface area contributed by atoms with E-state index in [9.17, 15) is 0 Å². The Labute approximate surface area is 162 Å². The Morgan fingerprint density at radius 3 is 2.31 bits per heavy atom. The molecule has 3 rings (SSSR count). The zero-order valence-corrected chi connectivity index (χ0v) is 16.6. The molecule has 0 radical (unpaired) electrons. The summed E-state index contributed by atoms with van der Waals surface area (Å²) < 4.78 is 0. The van der Waals surface area contributed by atoms with E-state index in [0.717, 1.165) is 29.9 Å². The minimum atomic E-state index is 0.248. The number of likely N-dealkylation sites (tertiary alicyclic amines) is 1. The highest BCUT2D eigenvalue weighted by Crippen LogP contribution is 2.32. The van der Waals surface area contributed by atoms with Crippen molar-refractivity contribution in [3.63, 3.8) is 0 Å². The van der Waals surface area contributed by atoms with Crippen molar-refractivity contribution in [1.82, 2.24) is 4.90 Å².